The van der Waals surface area contributed by atoms with Crippen LogP contribution in [0.1, 0.15) is 22.9 Å². The molecule has 0 aliphatic carbocycles. The summed E-state index contributed by atoms with van der Waals surface area (Å²) in [6, 6.07) is 81.0. The van der Waals surface area contributed by atoms with Gasteiger partial charge >= 0.3 is 0 Å². The molecule has 0 saturated heterocycles. The lowest BCUT2D eigenvalue weighted by Crippen LogP contribution is -2.33. The van der Waals surface area contributed by atoms with Crippen LogP contribution in [0.25, 0.3) is 105 Å². The number of furan rings is 2. The largest absolute Gasteiger partial charge is 0.456 e. The molecule has 1 aliphatic rings. The fourth-order valence-electron chi connectivity index (χ4n) is 10.4. The lowest BCUT2D eigenvalue weighted by atomic mass is 9.97. The summed E-state index contributed by atoms with van der Waals surface area (Å²) in [4.78, 5) is 10.4. The molecule has 6 heteroatoms. The first kappa shape index (κ1) is 39.0. The summed E-state index contributed by atoms with van der Waals surface area (Å²) in [7, 11) is 0. The number of nitrogens with zero attached hydrogens (tertiary/aromatic N) is 3. The topological polar surface area (TPSA) is 68.0 Å². The molecule has 0 amide bonds. The van der Waals surface area contributed by atoms with E-state index in [1.54, 1.807) is 0 Å². The van der Waals surface area contributed by atoms with Crippen molar-refractivity contribution in [1.82, 2.24) is 9.88 Å². The van der Waals surface area contributed by atoms with Gasteiger partial charge < -0.3 is 18.7 Å². The number of fused-ring (bicyclic) bond motifs is 9. The van der Waals surface area contributed by atoms with Crippen LogP contribution in [0.15, 0.2) is 249 Å². The first-order chi connectivity index (χ1) is 34.2. The number of para-hydroxylation sites is 4. The number of aliphatic imine (C=N–C) groups is 2. The smallest absolute Gasteiger partial charge is 0.159 e. The highest BCUT2D eigenvalue weighted by Gasteiger charge is 2.26. The third-order valence-corrected chi connectivity index (χ3v) is 13.7. The summed E-state index contributed by atoms with van der Waals surface area (Å²) < 4.78 is 16.3. The standard InChI is InChI=1S/C63H40N4O2/c1-4-16-39(17-5-1)41-30-32-43(33-31-41)62-64-61(42-20-8-3-9-21-42)65-63(66-62)50-27-15-25-48-47-24-14-26-49(59(47)69-60(48)50)52-37-53-46-23-11-13-29-57(46)68-58(53)38-56(52)67-54-28-12-10-22-45(54)51-36-44(34-35-55(51)67)40-18-6-2-7-19-40/h1-38,62H,(H,64,65,66). The summed E-state index contributed by atoms with van der Waals surface area (Å²) >= 11 is 0. The minimum atomic E-state index is -0.387. The SMILES string of the molecule is c1ccc(C2=NC(c3ccc(-c4ccccc4)cc3)NC(c3cccc4c3oc3c(-c5cc6c(cc5-n5c7ccccc7c7cc(-c8ccccc8)ccc75)oc5ccccc56)cccc34)=N2)cc1. The molecule has 14 rings (SSSR count). The van der Waals surface area contributed by atoms with Gasteiger partial charge in [0.1, 0.15) is 34.3 Å². The van der Waals surface area contributed by atoms with Crippen LogP contribution in [-0.4, -0.2) is 16.2 Å². The van der Waals surface area contributed by atoms with Gasteiger partial charge in [0.25, 0.3) is 0 Å². The Morgan fingerprint density at radius 2 is 0.957 bits per heavy atom. The van der Waals surface area contributed by atoms with Crippen LogP contribution in [-0.2, 0) is 0 Å². The molecule has 13 aromatic rings. The van der Waals surface area contributed by atoms with E-state index in [9.17, 15) is 0 Å². The molecule has 0 radical (unpaired) electrons. The van der Waals surface area contributed by atoms with E-state index in [1.807, 2.05) is 36.4 Å². The third-order valence-electron chi connectivity index (χ3n) is 13.7. The van der Waals surface area contributed by atoms with Gasteiger partial charge in [0.05, 0.1) is 22.3 Å². The Morgan fingerprint density at radius 1 is 0.377 bits per heavy atom. The van der Waals surface area contributed by atoms with Crippen molar-refractivity contribution in [2.24, 2.45) is 9.98 Å². The van der Waals surface area contributed by atoms with E-state index in [4.69, 9.17) is 18.8 Å². The molecule has 1 aliphatic heterocycles. The van der Waals surface area contributed by atoms with Crippen LogP contribution >= 0.6 is 0 Å². The molecular weight excluding hydrogens is 845 g/mol. The van der Waals surface area contributed by atoms with Crippen LogP contribution in [0, 0.1) is 0 Å². The van der Waals surface area contributed by atoms with Gasteiger partial charge in [0, 0.05) is 55.1 Å². The van der Waals surface area contributed by atoms with Gasteiger partial charge in [0.15, 0.2) is 5.84 Å². The molecule has 0 spiro atoms. The monoisotopic (exact) mass is 884 g/mol. The van der Waals surface area contributed by atoms with Crippen LogP contribution < -0.4 is 5.32 Å². The van der Waals surface area contributed by atoms with E-state index < -0.39 is 0 Å². The first-order valence-corrected chi connectivity index (χ1v) is 23.3. The van der Waals surface area contributed by atoms with Gasteiger partial charge in [-0.1, -0.05) is 188 Å². The normalized spacial score (nSPS) is 13.9. The summed E-state index contributed by atoms with van der Waals surface area (Å²) in [5.74, 6) is 1.35. The molecule has 1 unspecified atom stereocenters. The van der Waals surface area contributed by atoms with Gasteiger partial charge in [-0.05, 0) is 64.2 Å². The molecule has 6 nitrogen and oxygen atoms in total. The van der Waals surface area contributed by atoms with Crippen molar-refractivity contribution < 1.29 is 8.83 Å². The van der Waals surface area contributed by atoms with Crippen LogP contribution in [0.2, 0.25) is 0 Å². The van der Waals surface area contributed by atoms with E-state index >= 15 is 0 Å². The Labute approximate surface area is 396 Å². The minimum absolute atomic E-state index is 0.387. The molecule has 3 aromatic heterocycles. The van der Waals surface area contributed by atoms with E-state index in [0.29, 0.717) is 11.7 Å². The van der Waals surface area contributed by atoms with Crippen LogP contribution in [0.5, 0.6) is 0 Å². The number of aromatic nitrogens is 1. The number of hydrogen-bond acceptors (Lipinski definition) is 5. The van der Waals surface area contributed by atoms with Gasteiger partial charge in [0.2, 0.25) is 0 Å². The summed E-state index contributed by atoms with van der Waals surface area (Å²) in [5, 5.41) is 10.2. The summed E-state index contributed by atoms with van der Waals surface area (Å²) in [6.07, 6.45) is -0.387. The van der Waals surface area contributed by atoms with Gasteiger partial charge in [-0.15, -0.1) is 0 Å². The quantitative estimate of drug-likeness (QED) is 0.173. The van der Waals surface area contributed by atoms with Gasteiger partial charge in [-0.25, -0.2) is 9.98 Å². The van der Waals surface area contributed by atoms with E-state index in [2.05, 4.69) is 204 Å². The van der Waals surface area contributed by atoms with E-state index in [0.717, 1.165) is 94.0 Å². The number of benzene rings is 10. The minimum Gasteiger partial charge on any atom is -0.456 e. The third kappa shape index (κ3) is 6.41. The van der Waals surface area contributed by atoms with Crippen molar-refractivity contribution in [3.8, 4) is 39.1 Å². The molecule has 324 valence electrons. The maximum atomic E-state index is 7.27. The predicted molar refractivity (Wildman–Crippen MR) is 283 cm³/mol. The molecule has 1 N–H and O–H groups in total. The highest BCUT2D eigenvalue weighted by atomic mass is 16.3. The van der Waals surface area contributed by atoms with Gasteiger partial charge in [-0.2, -0.15) is 0 Å². The summed E-state index contributed by atoms with van der Waals surface area (Å²) in [6.45, 7) is 0. The number of hydrogen-bond donors (Lipinski definition) is 1. The average molecular weight is 885 g/mol. The van der Waals surface area contributed by atoms with Crippen molar-refractivity contribution in [3.63, 3.8) is 0 Å². The first-order valence-electron chi connectivity index (χ1n) is 23.3. The van der Waals surface area contributed by atoms with E-state index in [-0.39, 0.29) is 6.17 Å². The molecule has 69 heavy (non-hydrogen) atoms. The second kappa shape index (κ2) is 15.7. The molecule has 10 aromatic carbocycles. The molecule has 0 bridgehead atoms. The molecule has 4 heterocycles. The maximum Gasteiger partial charge on any atom is 0.159 e. The Balaban J connectivity index is 0.963. The fourth-order valence-corrected chi connectivity index (χ4v) is 10.4. The molecule has 1 atom stereocenters. The van der Waals surface area contributed by atoms with Gasteiger partial charge in [-0.3, -0.25) is 0 Å². The molecule has 0 fully saturated rings. The zero-order chi connectivity index (χ0) is 45.4. The zero-order valence-electron chi connectivity index (χ0n) is 37.2. The number of rotatable bonds is 7. The maximum absolute atomic E-state index is 7.27. The second-order valence-electron chi connectivity index (χ2n) is 17.7. The summed E-state index contributed by atoms with van der Waals surface area (Å²) in [5.41, 5.74) is 15.9. The average Bonchev–Trinajstić information content (AvgIpc) is 4.10. The van der Waals surface area contributed by atoms with Crippen molar-refractivity contribution in [2.45, 2.75) is 6.17 Å². The van der Waals surface area contributed by atoms with Crippen LogP contribution in [0.4, 0.5) is 0 Å². The Bertz CT molecular complexity index is 4200. The Hall–Kier alpha value is -9.26. The zero-order valence-corrected chi connectivity index (χ0v) is 37.2. The van der Waals surface area contributed by atoms with E-state index in [1.165, 1.54) is 27.5 Å². The Kier molecular flexibility index (Phi) is 8.86. The predicted octanol–water partition coefficient (Wildman–Crippen LogP) is 16.1. The van der Waals surface area contributed by atoms with Crippen molar-refractivity contribution in [1.29, 1.82) is 0 Å². The fraction of sp³-hybridized carbons (Fsp3) is 0.0159. The highest BCUT2D eigenvalue weighted by molar-refractivity contribution is 6.21. The highest BCUT2D eigenvalue weighted by Crippen LogP contribution is 2.45. The molecule has 0 saturated carbocycles. The molecular formula is C63H40N4O2. The number of nitrogens with one attached hydrogen (secondary N) is 1. The van der Waals surface area contributed by atoms with Crippen molar-refractivity contribution >= 4 is 77.4 Å². The van der Waals surface area contributed by atoms with Crippen LogP contribution in [0.3, 0.4) is 0 Å². The Morgan fingerprint density at radius 3 is 1.71 bits per heavy atom. The van der Waals surface area contributed by atoms with Crippen molar-refractivity contribution in [3.05, 3.63) is 247 Å². The number of amidine groups is 2. The lowest BCUT2D eigenvalue weighted by molar-refractivity contribution is 0.660. The van der Waals surface area contributed by atoms with Crippen molar-refractivity contribution in [2.75, 3.05) is 0 Å². The lowest BCUT2D eigenvalue weighted by Gasteiger charge is -2.24. The second-order valence-corrected chi connectivity index (χ2v) is 17.7.